The van der Waals surface area contributed by atoms with E-state index in [4.69, 9.17) is 0 Å². The Bertz CT molecular complexity index is 323. The van der Waals surface area contributed by atoms with E-state index in [-0.39, 0.29) is 0 Å². The summed E-state index contributed by atoms with van der Waals surface area (Å²) in [6.45, 7) is 0. The van der Waals surface area contributed by atoms with Crippen LogP contribution >= 0.6 is 0 Å². The van der Waals surface area contributed by atoms with Crippen LogP contribution in [0.15, 0.2) is 31.1 Å². The molecule has 0 aliphatic rings. The van der Waals surface area contributed by atoms with Gasteiger partial charge in [0, 0.05) is 12.4 Å². The van der Waals surface area contributed by atoms with Gasteiger partial charge in [-0.25, -0.2) is 24.9 Å². The first-order valence-corrected chi connectivity index (χ1v) is 3.82. The third kappa shape index (κ3) is 2.02. The van der Waals surface area contributed by atoms with Crippen molar-refractivity contribution in [3.05, 3.63) is 42.8 Å². The first kappa shape index (κ1) is 7.72. The Morgan fingerprint density at radius 1 is 0.846 bits per heavy atom. The fourth-order valence-corrected chi connectivity index (χ4v) is 0.917. The summed E-state index contributed by atoms with van der Waals surface area (Å²) in [5.41, 5.74) is 0. The van der Waals surface area contributed by atoms with Crippen LogP contribution in [0.1, 0.15) is 11.6 Å². The summed E-state index contributed by atoms with van der Waals surface area (Å²) in [5.74, 6) is 1.40. The monoisotopic (exact) mass is 173 g/mol. The van der Waals surface area contributed by atoms with E-state index in [9.17, 15) is 0 Å². The summed E-state index contributed by atoms with van der Waals surface area (Å²) in [5, 5.41) is 0. The van der Waals surface area contributed by atoms with Gasteiger partial charge in [0.05, 0.1) is 6.42 Å². The molecule has 64 valence electrons. The zero-order valence-corrected chi connectivity index (χ0v) is 6.83. The minimum atomic E-state index is 0.545. The molecule has 0 aromatic carbocycles. The molecule has 5 heteroatoms. The number of nitrogens with zero attached hydrogens (tertiary/aromatic N) is 5. The van der Waals surface area contributed by atoms with E-state index in [1.54, 1.807) is 18.5 Å². The van der Waals surface area contributed by atoms with Crippen molar-refractivity contribution in [2.24, 2.45) is 0 Å². The SMILES string of the molecule is c1cnc(Cc2ncncn2)nc1. The third-order valence-electron chi connectivity index (χ3n) is 1.48. The summed E-state index contributed by atoms with van der Waals surface area (Å²) >= 11 is 0. The molecule has 0 fully saturated rings. The Hall–Kier alpha value is -1.91. The minimum Gasteiger partial charge on any atom is -0.241 e. The topological polar surface area (TPSA) is 64.5 Å². The van der Waals surface area contributed by atoms with Gasteiger partial charge < -0.3 is 0 Å². The van der Waals surface area contributed by atoms with Crippen LogP contribution in [0.3, 0.4) is 0 Å². The first-order chi connectivity index (χ1) is 6.45. The lowest BCUT2D eigenvalue weighted by atomic mass is 10.4. The highest BCUT2D eigenvalue weighted by Crippen LogP contribution is 1.95. The number of rotatable bonds is 2. The van der Waals surface area contributed by atoms with E-state index in [2.05, 4.69) is 24.9 Å². The van der Waals surface area contributed by atoms with Crippen molar-refractivity contribution < 1.29 is 0 Å². The van der Waals surface area contributed by atoms with Crippen LogP contribution in [0.2, 0.25) is 0 Å². The van der Waals surface area contributed by atoms with Gasteiger partial charge in [-0.2, -0.15) is 0 Å². The normalized spacial score (nSPS) is 9.85. The molecule has 2 aromatic heterocycles. The highest BCUT2D eigenvalue weighted by molar-refractivity contribution is 4.98. The van der Waals surface area contributed by atoms with Crippen molar-refractivity contribution in [2.75, 3.05) is 0 Å². The lowest BCUT2D eigenvalue weighted by molar-refractivity contribution is 0.863. The van der Waals surface area contributed by atoms with Crippen LogP contribution in [0, 0.1) is 0 Å². The van der Waals surface area contributed by atoms with Crippen molar-refractivity contribution in [3.63, 3.8) is 0 Å². The van der Waals surface area contributed by atoms with E-state index >= 15 is 0 Å². The van der Waals surface area contributed by atoms with Crippen LogP contribution in [-0.4, -0.2) is 24.9 Å². The number of aromatic nitrogens is 5. The highest BCUT2D eigenvalue weighted by Gasteiger charge is 1.98. The average Bonchev–Trinajstić information content (AvgIpc) is 2.21. The molecule has 0 N–H and O–H groups in total. The molecule has 0 amide bonds. The second-order valence-electron chi connectivity index (χ2n) is 2.40. The van der Waals surface area contributed by atoms with Gasteiger partial charge in [-0.3, -0.25) is 0 Å². The first-order valence-electron chi connectivity index (χ1n) is 3.82. The van der Waals surface area contributed by atoms with E-state index in [1.807, 2.05) is 0 Å². The van der Waals surface area contributed by atoms with E-state index in [0.717, 1.165) is 0 Å². The molecule has 0 aliphatic heterocycles. The Morgan fingerprint density at radius 2 is 1.46 bits per heavy atom. The molecule has 0 saturated carbocycles. The summed E-state index contributed by atoms with van der Waals surface area (Å²) in [7, 11) is 0. The van der Waals surface area contributed by atoms with E-state index in [1.165, 1.54) is 12.7 Å². The fourth-order valence-electron chi connectivity index (χ4n) is 0.917. The van der Waals surface area contributed by atoms with Gasteiger partial charge in [0.25, 0.3) is 0 Å². The largest absolute Gasteiger partial charge is 0.241 e. The zero-order chi connectivity index (χ0) is 8.93. The van der Waals surface area contributed by atoms with Crippen molar-refractivity contribution in [1.29, 1.82) is 0 Å². The van der Waals surface area contributed by atoms with Crippen molar-refractivity contribution >= 4 is 0 Å². The molecule has 13 heavy (non-hydrogen) atoms. The van der Waals surface area contributed by atoms with Gasteiger partial charge in [0.1, 0.15) is 24.3 Å². The maximum Gasteiger partial charge on any atom is 0.139 e. The van der Waals surface area contributed by atoms with Crippen molar-refractivity contribution in [2.45, 2.75) is 6.42 Å². The van der Waals surface area contributed by atoms with Crippen LogP contribution in [0.5, 0.6) is 0 Å². The average molecular weight is 173 g/mol. The third-order valence-corrected chi connectivity index (χ3v) is 1.48. The molecule has 0 unspecified atom stereocenters. The molecule has 0 bridgehead atoms. The fraction of sp³-hybridized carbons (Fsp3) is 0.125. The molecule has 2 rings (SSSR count). The van der Waals surface area contributed by atoms with Gasteiger partial charge in [0.2, 0.25) is 0 Å². The maximum absolute atomic E-state index is 4.06. The highest BCUT2D eigenvalue weighted by atomic mass is 15.0. The van der Waals surface area contributed by atoms with E-state index < -0.39 is 0 Å². The predicted octanol–water partition coefficient (Wildman–Crippen LogP) is 0.252. The molecular weight excluding hydrogens is 166 g/mol. The summed E-state index contributed by atoms with van der Waals surface area (Å²) in [6.07, 6.45) is 6.87. The quantitative estimate of drug-likeness (QED) is 0.651. The molecule has 5 nitrogen and oxygen atoms in total. The molecule has 2 aromatic rings. The van der Waals surface area contributed by atoms with Gasteiger partial charge in [-0.1, -0.05) is 0 Å². The van der Waals surface area contributed by atoms with Gasteiger partial charge >= 0.3 is 0 Å². The van der Waals surface area contributed by atoms with Crippen LogP contribution < -0.4 is 0 Å². The summed E-state index contributed by atoms with van der Waals surface area (Å²) in [4.78, 5) is 19.8. The summed E-state index contributed by atoms with van der Waals surface area (Å²) < 4.78 is 0. The summed E-state index contributed by atoms with van der Waals surface area (Å²) in [6, 6.07) is 1.77. The van der Waals surface area contributed by atoms with Crippen molar-refractivity contribution in [1.82, 2.24) is 24.9 Å². The minimum absolute atomic E-state index is 0.545. The molecule has 0 atom stereocenters. The van der Waals surface area contributed by atoms with Crippen molar-refractivity contribution in [3.8, 4) is 0 Å². The second-order valence-corrected chi connectivity index (χ2v) is 2.40. The predicted molar refractivity (Wildman–Crippen MR) is 44.7 cm³/mol. The van der Waals surface area contributed by atoms with Crippen LogP contribution in [0.25, 0.3) is 0 Å². The Balaban J connectivity index is 2.16. The zero-order valence-electron chi connectivity index (χ0n) is 6.83. The second kappa shape index (κ2) is 3.66. The molecule has 0 radical (unpaired) electrons. The van der Waals surface area contributed by atoms with Gasteiger partial charge in [-0.15, -0.1) is 0 Å². The van der Waals surface area contributed by atoms with Gasteiger partial charge in [-0.05, 0) is 6.07 Å². The van der Waals surface area contributed by atoms with Gasteiger partial charge in [0.15, 0.2) is 0 Å². The molecule has 2 heterocycles. The lowest BCUT2D eigenvalue weighted by Gasteiger charge is -1.95. The molecule has 0 saturated heterocycles. The maximum atomic E-state index is 4.06. The number of hydrogen-bond acceptors (Lipinski definition) is 5. The molecule has 0 spiro atoms. The Labute approximate surface area is 75.0 Å². The smallest absolute Gasteiger partial charge is 0.139 e. The molecular formula is C8H7N5. The van der Waals surface area contributed by atoms with Crippen LogP contribution in [-0.2, 0) is 6.42 Å². The molecule has 0 aliphatic carbocycles. The van der Waals surface area contributed by atoms with E-state index in [0.29, 0.717) is 18.1 Å². The Kier molecular flexibility index (Phi) is 2.18. The standard InChI is InChI=1S/C8H7N5/c1-2-10-7(11-3-1)4-8-12-5-9-6-13-8/h1-3,5-6H,4H2. The Morgan fingerprint density at radius 3 is 2.15 bits per heavy atom. The van der Waals surface area contributed by atoms with Crippen LogP contribution in [0.4, 0.5) is 0 Å². The lowest BCUT2D eigenvalue weighted by Crippen LogP contribution is -1.99. The number of hydrogen-bond donors (Lipinski definition) is 0.